The first kappa shape index (κ1) is 19.4. The normalized spacial score (nSPS) is 13.2. The molecule has 5 nitrogen and oxygen atoms in total. The van der Waals surface area contributed by atoms with Crippen molar-refractivity contribution in [1.82, 2.24) is 0 Å². The first-order valence-corrected chi connectivity index (χ1v) is 7.29. The molecular weight excluding hydrogens is 272 g/mol. The molecule has 0 rings (SSSR count). The Morgan fingerprint density at radius 1 is 1.10 bits per heavy atom. The number of hydrogen-bond donors (Lipinski definition) is 1. The van der Waals surface area contributed by atoms with Gasteiger partial charge in [-0.1, -0.05) is 45.1 Å². The van der Waals surface area contributed by atoms with E-state index in [4.69, 9.17) is 0 Å². The van der Waals surface area contributed by atoms with Crippen LogP contribution in [0.4, 0.5) is 0 Å². The molecule has 0 amide bonds. The summed E-state index contributed by atoms with van der Waals surface area (Å²) in [4.78, 5) is 22.6. The number of carbonyl (C=O) groups excluding carboxylic acids is 2. The van der Waals surface area contributed by atoms with Gasteiger partial charge in [-0.15, -0.1) is 0 Å². The van der Waals surface area contributed by atoms with Gasteiger partial charge in [-0.3, -0.25) is 0 Å². The van der Waals surface area contributed by atoms with Crippen molar-refractivity contribution in [1.29, 1.82) is 0 Å². The Balaban J connectivity index is 4.39. The second-order valence-corrected chi connectivity index (χ2v) is 4.74. The van der Waals surface area contributed by atoms with E-state index in [9.17, 15) is 14.7 Å². The van der Waals surface area contributed by atoms with Crippen LogP contribution in [-0.2, 0) is 19.1 Å². The van der Waals surface area contributed by atoms with Crippen LogP contribution in [0.3, 0.4) is 0 Å². The van der Waals surface area contributed by atoms with Crippen LogP contribution in [0.5, 0.6) is 0 Å². The molecule has 0 spiro atoms. The molecule has 0 saturated heterocycles. The molecule has 0 radical (unpaired) electrons. The fraction of sp³-hybridized carbons (Fsp3) is 0.625. The minimum absolute atomic E-state index is 0.0504. The Kier molecular flexibility index (Phi) is 11.2. The maximum Gasteiger partial charge on any atom is 0.338 e. The smallest absolute Gasteiger partial charge is 0.338 e. The SMILES string of the molecule is CCCCCCC[C@H](O)/C=C/C(=C/C(=O)OC)C(=O)OC. The van der Waals surface area contributed by atoms with Crippen LogP contribution in [0, 0.1) is 0 Å². The number of hydrogen-bond acceptors (Lipinski definition) is 5. The van der Waals surface area contributed by atoms with E-state index in [-0.39, 0.29) is 5.57 Å². The number of aliphatic hydroxyl groups is 1. The number of aliphatic hydroxyl groups excluding tert-OH is 1. The number of esters is 2. The van der Waals surface area contributed by atoms with Crippen LogP contribution in [0.15, 0.2) is 23.8 Å². The van der Waals surface area contributed by atoms with Crippen LogP contribution in [0.2, 0.25) is 0 Å². The summed E-state index contributed by atoms with van der Waals surface area (Å²) >= 11 is 0. The molecule has 0 saturated carbocycles. The third kappa shape index (κ3) is 9.85. The van der Waals surface area contributed by atoms with Gasteiger partial charge < -0.3 is 14.6 Å². The summed E-state index contributed by atoms with van der Waals surface area (Å²) in [6.45, 7) is 2.15. The molecular formula is C16H26O5. The third-order valence-corrected chi connectivity index (χ3v) is 3.00. The highest BCUT2D eigenvalue weighted by atomic mass is 16.5. The molecule has 0 unspecified atom stereocenters. The van der Waals surface area contributed by atoms with Crippen LogP contribution in [0.1, 0.15) is 45.4 Å². The lowest BCUT2D eigenvalue weighted by atomic mass is 10.1. The maximum atomic E-state index is 11.5. The standard InChI is InChI=1S/C16H26O5/c1-4-5-6-7-8-9-14(17)11-10-13(16(19)21-3)12-15(18)20-2/h10-12,14,17H,4-9H2,1-3H3/b11-10+,13-12-/t14-/m0/s1. The summed E-state index contributed by atoms with van der Waals surface area (Å²) in [5.41, 5.74) is 0.0504. The van der Waals surface area contributed by atoms with Gasteiger partial charge in [0.2, 0.25) is 0 Å². The quantitative estimate of drug-likeness (QED) is 0.290. The lowest BCUT2D eigenvalue weighted by molar-refractivity contribution is -0.138. The van der Waals surface area contributed by atoms with Crippen molar-refractivity contribution in [2.45, 2.75) is 51.6 Å². The third-order valence-electron chi connectivity index (χ3n) is 3.00. The number of rotatable bonds is 10. The molecule has 0 bridgehead atoms. The summed E-state index contributed by atoms with van der Waals surface area (Å²) in [6.07, 6.45) is 9.48. The zero-order valence-electron chi connectivity index (χ0n) is 13.1. The fourth-order valence-electron chi connectivity index (χ4n) is 1.75. The van der Waals surface area contributed by atoms with Crippen LogP contribution in [-0.4, -0.2) is 37.4 Å². The molecule has 0 aromatic carbocycles. The molecule has 1 atom stereocenters. The van der Waals surface area contributed by atoms with Crippen LogP contribution in [0.25, 0.3) is 0 Å². The molecule has 5 heteroatoms. The maximum absolute atomic E-state index is 11.5. The summed E-state index contributed by atoms with van der Waals surface area (Å²) in [5.74, 6) is -1.29. The Morgan fingerprint density at radius 3 is 2.33 bits per heavy atom. The number of unbranched alkanes of at least 4 members (excludes halogenated alkanes) is 4. The van der Waals surface area contributed by atoms with E-state index in [1.165, 1.54) is 45.6 Å². The largest absolute Gasteiger partial charge is 0.466 e. The van der Waals surface area contributed by atoms with Gasteiger partial charge in [-0.25, -0.2) is 9.59 Å². The predicted molar refractivity (Wildman–Crippen MR) is 80.6 cm³/mol. The molecule has 120 valence electrons. The zero-order valence-corrected chi connectivity index (χ0v) is 13.1. The van der Waals surface area contributed by atoms with Gasteiger partial charge >= 0.3 is 11.9 Å². The minimum atomic E-state index is -0.646. The van der Waals surface area contributed by atoms with Crippen molar-refractivity contribution in [2.24, 2.45) is 0 Å². The van der Waals surface area contributed by atoms with Crippen molar-refractivity contribution in [3.8, 4) is 0 Å². The molecule has 0 aromatic heterocycles. The van der Waals surface area contributed by atoms with Gasteiger partial charge in [0.1, 0.15) is 0 Å². The average molecular weight is 298 g/mol. The predicted octanol–water partition coefficient (Wildman–Crippen LogP) is 2.54. The zero-order chi connectivity index (χ0) is 16.1. The summed E-state index contributed by atoms with van der Waals surface area (Å²) < 4.78 is 9.03. The van der Waals surface area contributed by atoms with Gasteiger partial charge in [0.25, 0.3) is 0 Å². The van der Waals surface area contributed by atoms with Crippen molar-refractivity contribution in [3.05, 3.63) is 23.8 Å². The van der Waals surface area contributed by atoms with Crippen molar-refractivity contribution < 1.29 is 24.2 Å². The highest BCUT2D eigenvalue weighted by Crippen LogP contribution is 2.09. The second kappa shape index (κ2) is 12.1. The summed E-state index contributed by atoms with van der Waals surface area (Å²) in [5, 5.41) is 9.82. The fourth-order valence-corrected chi connectivity index (χ4v) is 1.75. The van der Waals surface area contributed by atoms with Crippen molar-refractivity contribution >= 4 is 11.9 Å². The van der Waals surface area contributed by atoms with Gasteiger partial charge in [0.05, 0.1) is 25.9 Å². The van der Waals surface area contributed by atoms with Crippen molar-refractivity contribution in [3.63, 3.8) is 0 Å². The summed E-state index contributed by atoms with van der Waals surface area (Å²) in [6, 6.07) is 0. The lowest BCUT2D eigenvalue weighted by Crippen LogP contribution is -2.08. The first-order valence-electron chi connectivity index (χ1n) is 7.29. The van der Waals surface area contributed by atoms with E-state index in [0.717, 1.165) is 18.9 Å². The molecule has 0 aliphatic heterocycles. The molecule has 0 aliphatic rings. The van der Waals surface area contributed by atoms with Crippen LogP contribution < -0.4 is 0 Å². The number of ether oxygens (including phenoxy) is 2. The minimum Gasteiger partial charge on any atom is -0.466 e. The molecule has 0 heterocycles. The molecule has 0 aliphatic carbocycles. The summed E-state index contributed by atoms with van der Waals surface area (Å²) in [7, 11) is 2.45. The van der Waals surface area contributed by atoms with Gasteiger partial charge in [-0.2, -0.15) is 0 Å². The lowest BCUT2D eigenvalue weighted by Gasteiger charge is -2.06. The monoisotopic (exact) mass is 298 g/mol. The van der Waals surface area contributed by atoms with E-state index in [0.29, 0.717) is 6.42 Å². The van der Waals surface area contributed by atoms with E-state index < -0.39 is 18.0 Å². The first-order chi connectivity index (χ1) is 10.0. The molecule has 0 aromatic rings. The Labute approximate surface area is 126 Å². The van der Waals surface area contributed by atoms with Crippen molar-refractivity contribution in [2.75, 3.05) is 14.2 Å². The van der Waals surface area contributed by atoms with Gasteiger partial charge in [0.15, 0.2) is 0 Å². The van der Waals surface area contributed by atoms with E-state index in [1.54, 1.807) is 0 Å². The highest BCUT2D eigenvalue weighted by molar-refractivity contribution is 5.98. The van der Waals surface area contributed by atoms with E-state index in [1.807, 2.05) is 0 Å². The Morgan fingerprint density at radius 2 is 1.76 bits per heavy atom. The second-order valence-electron chi connectivity index (χ2n) is 4.74. The van der Waals surface area contributed by atoms with Gasteiger partial charge in [0, 0.05) is 6.08 Å². The number of methoxy groups -OCH3 is 2. The van der Waals surface area contributed by atoms with Gasteiger partial charge in [-0.05, 0) is 12.5 Å². The Hall–Kier alpha value is -1.62. The topological polar surface area (TPSA) is 72.8 Å². The van der Waals surface area contributed by atoms with E-state index in [2.05, 4.69) is 16.4 Å². The molecule has 1 N–H and O–H groups in total. The highest BCUT2D eigenvalue weighted by Gasteiger charge is 2.10. The average Bonchev–Trinajstić information content (AvgIpc) is 2.49. The van der Waals surface area contributed by atoms with E-state index >= 15 is 0 Å². The number of carbonyl (C=O) groups is 2. The Bertz CT molecular complexity index is 371. The molecule has 0 fully saturated rings. The van der Waals surface area contributed by atoms with Crippen LogP contribution >= 0.6 is 0 Å². The molecule has 21 heavy (non-hydrogen) atoms.